The largest absolute Gasteiger partial charge is 0.777 e. The van der Waals surface area contributed by atoms with Crippen molar-refractivity contribution in [3.63, 3.8) is 0 Å². The Labute approximate surface area is 311 Å². The van der Waals surface area contributed by atoms with Crippen molar-refractivity contribution in [1.29, 1.82) is 0 Å². The first-order chi connectivity index (χ1) is 25.6. The third-order valence-corrected chi connectivity index (χ3v) is 14.6. The Balaban J connectivity index is 0.000000548. The zero-order valence-corrected chi connectivity index (χ0v) is 31.9. The summed E-state index contributed by atoms with van der Waals surface area (Å²) in [5.41, 5.74) is 2.36. The molecule has 2 heterocycles. The number of fused-ring (bicyclic) bond motifs is 2. The monoisotopic (exact) mass is 725 g/mol. The van der Waals surface area contributed by atoms with Crippen LogP contribution >= 0.6 is 15.8 Å². The van der Waals surface area contributed by atoms with Gasteiger partial charge in [-0.3, -0.25) is 0 Å². The summed E-state index contributed by atoms with van der Waals surface area (Å²) in [7, 11) is -1.18. The summed E-state index contributed by atoms with van der Waals surface area (Å²) in [5, 5.41) is 5.37. The Morgan fingerprint density at radius 3 is 1.00 bits per heavy atom. The number of hydrogen-bond donors (Lipinski definition) is 1. The maximum Gasteiger partial charge on any atom is 0.777 e. The first kappa shape index (κ1) is 35.8. The van der Waals surface area contributed by atoms with Crippen LogP contribution in [0.4, 0.5) is 0 Å². The minimum atomic E-state index is -2.46. The highest BCUT2D eigenvalue weighted by atomic mass is 31.1. The van der Waals surface area contributed by atoms with E-state index < -0.39 is 22.8 Å². The number of hydrogen-bond acceptors (Lipinski definition) is 4. The molecular formula is C44H46BNO4P2. The minimum Gasteiger partial charge on any atom is -0.609 e. The van der Waals surface area contributed by atoms with Crippen molar-refractivity contribution in [3.8, 4) is 23.0 Å². The van der Waals surface area contributed by atoms with Crippen LogP contribution in [0.5, 0.6) is 23.0 Å². The average molecular weight is 726 g/mol. The highest BCUT2D eigenvalue weighted by Crippen LogP contribution is 2.48. The van der Waals surface area contributed by atoms with Gasteiger partial charge >= 0.3 is 6.96 Å². The molecule has 0 saturated heterocycles. The Hall–Kier alpha value is -4.60. The van der Waals surface area contributed by atoms with Gasteiger partial charge < -0.3 is 23.5 Å². The molecule has 5 nitrogen and oxygen atoms in total. The van der Waals surface area contributed by atoms with Crippen molar-refractivity contribution in [2.75, 3.05) is 19.6 Å². The molecule has 6 aromatic rings. The topological polar surface area (TPSA) is 41.4 Å². The van der Waals surface area contributed by atoms with E-state index in [2.05, 4.69) is 166 Å². The lowest BCUT2D eigenvalue weighted by molar-refractivity contribution is -0.894. The maximum absolute atomic E-state index is 6.34. The van der Waals surface area contributed by atoms with Gasteiger partial charge in [0, 0.05) is 12.3 Å². The van der Waals surface area contributed by atoms with Gasteiger partial charge in [-0.25, -0.2) is 0 Å². The summed E-state index contributed by atoms with van der Waals surface area (Å²) in [6.45, 7) is 8.02. The standard InChI is InChI=1S/C38H30BO4P2.C6H15N/c1-5-13-31(14-6-1)44(32-15-7-2-8-16-32)27-29-21-23-35-37(25-29)42-39(40-35)41-36-24-22-30(26-38(36)43-39)28-45(33-17-9-3-10-18-33)34-19-11-4-12-20-34;1-4-7(5-2)6-3/h1-26H,27-28H2;4-6H2,1-3H3/q-1;/p+1. The fraction of sp³-hybridized carbons (Fsp3) is 0.182. The van der Waals surface area contributed by atoms with E-state index in [0.29, 0.717) is 23.0 Å². The number of rotatable bonds is 11. The van der Waals surface area contributed by atoms with E-state index in [1.54, 1.807) is 4.90 Å². The molecule has 0 unspecified atom stereocenters. The molecule has 0 aromatic heterocycles. The summed E-state index contributed by atoms with van der Waals surface area (Å²) in [6, 6.07) is 55.3. The fourth-order valence-corrected chi connectivity index (χ4v) is 11.2. The lowest BCUT2D eigenvalue weighted by Gasteiger charge is -2.27. The average Bonchev–Trinajstić information content (AvgIpc) is 3.75. The van der Waals surface area contributed by atoms with Crippen molar-refractivity contribution < 1.29 is 23.5 Å². The van der Waals surface area contributed by atoms with E-state index >= 15 is 0 Å². The Morgan fingerprint density at radius 2 is 0.712 bits per heavy atom. The Kier molecular flexibility index (Phi) is 11.6. The molecular weight excluding hydrogens is 679 g/mol. The number of quaternary nitrogens is 1. The quantitative estimate of drug-likeness (QED) is 0.111. The summed E-state index contributed by atoms with van der Waals surface area (Å²) in [5.74, 6) is 2.56. The van der Waals surface area contributed by atoms with Crippen LogP contribution in [0.2, 0.25) is 0 Å². The van der Waals surface area contributed by atoms with Crippen molar-refractivity contribution in [1.82, 2.24) is 0 Å². The highest BCUT2D eigenvalue weighted by Gasteiger charge is 2.51. The summed E-state index contributed by atoms with van der Waals surface area (Å²) < 4.78 is 25.1. The minimum absolute atomic E-state index is 0.588. The van der Waals surface area contributed by atoms with Gasteiger partial charge in [0.05, 0.1) is 19.6 Å². The van der Waals surface area contributed by atoms with Gasteiger partial charge in [-0.05, 0) is 93.2 Å². The van der Waals surface area contributed by atoms with Gasteiger partial charge in [-0.1, -0.05) is 133 Å². The molecule has 0 aliphatic carbocycles. The first-order valence-corrected chi connectivity index (χ1v) is 21.3. The maximum atomic E-state index is 6.34. The van der Waals surface area contributed by atoms with E-state index in [1.165, 1.54) is 52.0 Å². The second kappa shape index (κ2) is 16.8. The molecule has 2 aliphatic heterocycles. The van der Waals surface area contributed by atoms with Crippen LogP contribution in [0.25, 0.3) is 0 Å². The molecule has 1 N–H and O–H groups in total. The predicted octanol–water partition coefficient (Wildman–Crippen LogP) is 7.56. The Bertz CT molecular complexity index is 1810. The molecule has 0 amide bonds. The first-order valence-electron chi connectivity index (χ1n) is 18.3. The molecule has 6 aromatic carbocycles. The molecule has 0 radical (unpaired) electrons. The van der Waals surface area contributed by atoms with Crippen molar-refractivity contribution >= 4 is 44.0 Å². The third kappa shape index (κ3) is 8.37. The van der Waals surface area contributed by atoms with Crippen molar-refractivity contribution in [3.05, 3.63) is 169 Å². The van der Waals surface area contributed by atoms with Gasteiger partial charge in [0.25, 0.3) is 0 Å². The molecule has 0 bridgehead atoms. The van der Waals surface area contributed by atoms with Crippen LogP contribution in [0.15, 0.2) is 158 Å². The van der Waals surface area contributed by atoms with E-state index in [-0.39, 0.29) is 0 Å². The lowest BCUT2D eigenvalue weighted by atomic mass is 10.1. The van der Waals surface area contributed by atoms with Crippen LogP contribution in [0.3, 0.4) is 0 Å². The number of benzene rings is 6. The van der Waals surface area contributed by atoms with Crippen LogP contribution in [0, 0.1) is 0 Å². The molecule has 8 rings (SSSR count). The predicted molar refractivity (Wildman–Crippen MR) is 219 cm³/mol. The van der Waals surface area contributed by atoms with E-state index in [1.807, 2.05) is 12.1 Å². The lowest BCUT2D eigenvalue weighted by Crippen LogP contribution is -3.11. The smallest absolute Gasteiger partial charge is 0.609 e. The molecule has 8 heteroatoms. The normalized spacial score (nSPS) is 13.4. The molecule has 0 atom stereocenters. The van der Waals surface area contributed by atoms with Gasteiger partial charge in [-0.2, -0.15) is 0 Å². The molecule has 264 valence electrons. The molecule has 2 aliphatic rings. The van der Waals surface area contributed by atoms with Crippen LogP contribution in [-0.4, -0.2) is 26.6 Å². The Morgan fingerprint density at radius 1 is 0.404 bits per heavy atom. The summed E-state index contributed by atoms with van der Waals surface area (Å²) in [4.78, 5) is 1.68. The molecule has 0 saturated carbocycles. The second-order valence-electron chi connectivity index (χ2n) is 12.9. The van der Waals surface area contributed by atoms with Crippen LogP contribution < -0.4 is 44.7 Å². The van der Waals surface area contributed by atoms with Crippen LogP contribution in [-0.2, 0) is 12.3 Å². The highest BCUT2D eigenvalue weighted by molar-refractivity contribution is 7.72. The zero-order chi connectivity index (χ0) is 35.8. The van der Waals surface area contributed by atoms with Gasteiger partial charge in [0.15, 0.2) is 0 Å². The molecule has 0 fully saturated rings. The number of nitrogens with one attached hydrogen (secondary N) is 1. The third-order valence-electron chi connectivity index (χ3n) is 9.55. The van der Waals surface area contributed by atoms with E-state index in [0.717, 1.165) is 12.3 Å². The fourth-order valence-electron chi connectivity index (χ4n) is 6.66. The summed E-state index contributed by atoms with van der Waals surface area (Å²) >= 11 is 0. The van der Waals surface area contributed by atoms with Crippen LogP contribution in [0.1, 0.15) is 31.9 Å². The zero-order valence-electron chi connectivity index (χ0n) is 30.2. The van der Waals surface area contributed by atoms with E-state index in [4.69, 9.17) is 18.6 Å². The SMILES string of the molecule is CC[NH+](CC)CC.c1ccc(P(Cc2ccc3c(c2)O[B-]2(O3)Oc3ccc(CP(c4ccccc4)c4ccccc4)cc3O2)c2ccccc2)cc1. The van der Waals surface area contributed by atoms with Gasteiger partial charge in [0.1, 0.15) is 23.0 Å². The summed E-state index contributed by atoms with van der Waals surface area (Å²) in [6.07, 6.45) is 1.77. The second-order valence-corrected chi connectivity index (χ2v) is 17.3. The van der Waals surface area contributed by atoms with Gasteiger partial charge in [-0.15, -0.1) is 0 Å². The van der Waals surface area contributed by atoms with E-state index in [9.17, 15) is 0 Å². The van der Waals surface area contributed by atoms with Gasteiger partial charge in [0.2, 0.25) is 0 Å². The van der Waals surface area contributed by atoms with Crippen molar-refractivity contribution in [2.24, 2.45) is 0 Å². The van der Waals surface area contributed by atoms with Crippen molar-refractivity contribution in [2.45, 2.75) is 33.1 Å². The molecule has 52 heavy (non-hydrogen) atoms. The molecule has 1 spiro atoms.